The predicted octanol–water partition coefficient (Wildman–Crippen LogP) is 1.20. The van der Waals surface area contributed by atoms with Crippen molar-refractivity contribution in [3.63, 3.8) is 0 Å². The van der Waals surface area contributed by atoms with E-state index in [1.54, 1.807) is 65.6 Å². The van der Waals surface area contributed by atoms with Crippen LogP contribution in [-0.2, 0) is 24.7 Å². The van der Waals surface area contributed by atoms with E-state index in [4.69, 9.17) is 0 Å². The number of imide groups is 1. The van der Waals surface area contributed by atoms with Crippen LogP contribution in [0.3, 0.4) is 0 Å². The summed E-state index contributed by atoms with van der Waals surface area (Å²) in [6.07, 6.45) is 1.25. The minimum absolute atomic E-state index is 0.0234. The lowest BCUT2D eigenvalue weighted by Gasteiger charge is -2.29. The van der Waals surface area contributed by atoms with E-state index in [1.807, 2.05) is 0 Å². The highest BCUT2D eigenvalue weighted by Crippen LogP contribution is 2.30. The number of hydrogen-bond donors (Lipinski definition) is 2. The Kier molecular flexibility index (Phi) is 6.41. The molecule has 0 saturated carbocycles. The normalized spacial score (nSPS) is 17.0. The number of methoxy groups -OCH3 is 1. The van der Waals surface area contributed by atoms with E-state index in [0.29, 0.717) is 24.1 Å². The van der Waals surface area contributed by atoms with E-state index in [-0.39, 0.29) is 6.54 Å². The Morgan fingerprint density at radius 1 is 1.07 bits per heavy atom. The Morgan fingerprint density at radius 2 is 1.62 bits per heavy atom. The second-order valence-corrected chi connectivity index (χ2v) is 6.97. The van der Waals surface area contributed by atoms with Gasteiger partial charge in [-0.05, 0) is 30.5 Å². The summed E-state index contributed by atoms with van der Waals surface area (Å²) in [4.78, 5) is 39.2. The van der Waals surface area contributed by atoms with E-state index in [0.717, 1.165) is 6.42 Å². The SMILES string of the molecule is COC(=O)CN1CCC[C@H]1C(=O)NC(=O)C(O)(c1ccccc1)c1ccccc1. The van der Waals surface area contributed by atoms with E-state index in [2.05, 4.69) is 10.1 Å². The molecule has 0 unspecified atom stereocenters. The summed E-state index contributed by atoms with van der Waals surface area (Å²) in [7, 11) is 1.29. The highest BCUT2D eigenvalue weighted by Gasteiger charge is 2.42. The molecular formula is C22H24N2O5. The van der Waals surface area contributed by atoms with Crippen molar-refractivity contribution in [2.45, 2.75) is 24.5 Å². The van der Waals surface area contributed by atoms with Gasteiger partial charge in [0.25, 0.3) is 5.91 Å². The monoisotopic (exact) mass is 396 g/mol. The van der Waals surface area contributed by atoms with Crippen molar-refractivity contribution in [3.8, 4) is 0 Å². The number of amides is 2. The predicted molar refractivity (Wildman–Crippen MR) is 106 cm³/mol. The van der Waals surface area contributed by atoms with Gasteiger partial charge in [0.15, 0.2) is 5.60 Å². The second-order valence-electron chi connectivity index (χ2n) is 6.97. The van der Waals surface area contributed by atoms with Crippen LogP contribution in [-0.4, -0.2) is 54.0 Å². The lowest BCUT2D eigenvalue weighted by atomic mass is 9.85. The molecule has 0 aromatic heterocycles. The van der Waals surface area contributed by atoms with Gasteiger partial charge in [0, 0.05) is 0 Å². The van der Waals surface area contributed by atoms with Crippen molar-refractivity contribution in [2.75, 3.05) is 20.2 Å². The number of esters is 1. The van der Waals surface area contributed by atoms with Crippen LogP contribution < -0.4 is 5.32 Å². The molecule has 0 bridgehead atoms. The Hall–Kier alpha value is -3.03. The number of rotatable bonds is 6. The van der Waals surface area contributed by atoms with E-state index in [1.165, 1.54) is 7.11 Å². The number of ether oxygens (including phenoxy) is 1. The molecule has 1 aliphatic rings. The molecule has 7 heteroatoms. The zero-order valence-electron chi connectivity index (χ0n) is 16.2. The molecule has 0 spiro atoms. The number of hydrogen-bond acceptors (Lipinski definition) is 6. The summed E-state index contributed by atoms with van der Waals surface area (Å²) in [5.41, 5.74) is -1.31. The third-order valence-corrected chi connectivity index (χ3v) is 5.17. The lowest BCUT2D eigenvalue weighted by molar-refractivity contribution is -0.144. The van der Waals surface area contributed by atoms with Crippen LogP contribution in [0.2, 0.25) is 0 Å². The number of benzene rings is 2. The molecule has 1 aliphatic heterocycles. The summed E-state index contributed by atoms with van der Waals surface area (Å²) < 4.78 is 4.67. The molecule has 2 aromatic carbocycles. The summed E-state index contributed by atoms with van der Waals surface area (Å²) in [6, 6.07) is 16.3. The molecule has 3 rings (SSSR count). The van der Waals surface area contributed by atoms with Crippen molar-refractivity contribution in [1.82, 2.24) is 10.2 Å². The molecule has 29 heavy (non-hydrogen) atoms. The molecule has 2 N–H and O–H groups in total. The van der Waals surface area contributed by atoms with Crippen molar-refractivity contribution in [2.24, 2.45) is 0 Å². The fourth-order valence-electron chi connectivity index (χ4n) is 3.62. The third kappa shape index (κ3) is 4.36. The smallest absolute Gasteiger partial charge is 0.319 e. The summed E-state index contributed by atoms with van der Waals surface area (Å²) in [5, 5.41) is 13.8. The van der Waals surface area contributed by atoms with Gasteiger partial charge in [-0.3, -0.25) is 24.6 Å². The highest BCUT2D eigenvalue weighted by molar-refractivity contribution is 6.03. The zero-order chi connectivity index (χ0) is 20.9. The summed E-state index contributed by atoms with van der Waals surface area (Å²) in [5.74, 6) is -1.81. The summed E-state index contributed by atoms with van der Waals surface area (Å²) in [6.45, 7) is 0.535. The van der Waals surface area contributed by atoms with Gasteiger partial charge < -0.3 is 9.84 Å². The van der Waals surface area contributed by atoms with E-state index in [9.17, 15) is 19.5 Å². The first-order chi connectivity index (χ1) is 14.0. The van der Waals surface area contributed by atoms with Crippen LogP contribution in [0.1, 0.15) is 24.0 Å². The van der Waals surface area contributed by atoms with Crippen LogP contribution in [0.4, 0.5) is 0 Å². The molecule has 1 saturated heterocycles. The second kappa shape index (κ2) is 8.98. The van der Waals surface area contributed by atoms with Gasteiger partial charge in [-0.15, -0.1) is 0 Å². The first kappa shape index (κ1) is 20.7. The number of nitrogens with one attached hydrogen (secondary N) is 1. The van der Waals surface area contributed by atoms with Crippen LogP contribution in [0, 0.1) is 0 Å². The average molecular weight is 396 g/mol. The number of aliphatic hydroxyl groups is 1. The molecule has 1 fully saturated rings. The Bertz CT molecular complexity index is 830. The Balaban J connectivity index is 1.84. The van der Waals surface area contributed by atoms with Gasteiger partial charge in [-0.1, -0.05) is 60.7 Å². The first-order valence-corrected chi connectivity index (χ1v) is 9.46. The maximum Gasteiger partial charge on any atom is 0.319 e. The number of carbonyl (C=O) groups excluding carboxylic acids is 3. The minimum Gasteiger partial charge on any atom is -0.468 e. The fraction of sp³-hybridized carbons (Fsp3) is 0.318. The third-order valence-electron chi connectivity index (χ3n) is 5.17. The minimum atomic E-state index is -2.02. The van der Waals surface area contributed by atoms with Crippen LogP contribution in [0.15, 0.2) is 60.7 Å². The highest BCUT2D eigenvalue weighted by atomic mass is 16.5. The van der Waals surface area contributed by atoms with Crippen LogP contribution in [0.25, 0.3) is 0 Å². The largest absolute Gasteiger partial charge is 0.468 e. The van der Waals surface area contributed by atoms with Gasteiger partial charge in [-0.2, -0.15) is 0 Å². The molecular weight excluding hydrogens is 372 g/mol. The van der Waals surface area contributed by atoms with Crippen molar-refractivity contribution in [3.05, 3.63) is 71.8 Å². The van der Waals surface area contributed by atoms with Gasteiger partial charge in [0.1, 0.15) is 0 Å². The lowest BCUT2D eigenvalue weighted by Crippen LogP contribution is -2.53. The zero-order valence-corrected chi connectivity index (χ0v) is 16.2. The van der Waals surface area contributed by atoms with Gasteiger partial charge >= 0.3 is 5.97 Å². The maximum atomic E-state index is 13.1. The number of likely N-dealkylation sites (tertiary alicyclic amines) is 1. The molecule has 7 nitrogen and oxygen atoms in total. The molecule has 2 amide bonds. The van der Waals surface area contributed by atoms with Crippen molar-refractivity contribution in [1.29, 1.82) is 0 Å². The molecule has 2 aromatic rings. The van der Waals surface area contributed by atoms with Crippen molar-refractivity contribution < 1.29 is 24.2 Å². The maximum absolute atomic E-state index is 13.1. The standard InChI is InChI=1S/C22H24N2O5/c1-29-19(25)15-24-14-8-13-18(24)20(26)23-21(27)22(28,16-9-4-2-5-10-16)17-11-6-3-7-12-17/h2-7,9-12,18,28H,8,13-15H2,1H3,(H,23,26,27)/t18-/m0/s1. The van der Waals surface area contributed by atoms with Crippen molar-refractivity contribution >= 4 is 17.8 Å². The molecule has 0 radical (unpaired) electrons. The van der Waals surface area contributed by atoms with Crippen LogP contribution >= 0.6 is 0 Å². The number of carbonyl (C=O) groups is 3. The van der Waals surface area contributed by atoms with E-state index < -0.39 is 29.4 Å². The molecule has 1 atom stereocenters. The molecule has 152 valence electrons. The van der Waals surface area contributed by atoms with Gasteiger partial charge in [0.2, 0.25) is 5.91 Å². The number of nitrogens with zero attached hydrogens (tertiary/aromatic N) is 1. The quantitative estimate of drug-likeness (QED) is 0.713. The Morgan fingerprint density at radius 3 is 2.14 bits per heavy atom. The average Bonchev–Trinajstić information content (AvgIpc) is 3.22. The molecule has 0 aliphatic carbocycles. The first-order valence-electron chi connectivity index (χ1n) is 9.46. The van der Waals surface area contributed by atoms with Gasteiger partial charge in [0.05, 0.1) is 19.7 Å². The molecule has 1 heterocycles. The Labute approximate surface area is 169 Å². The fourth-order valence-corrected chi connectivity index (χ4v) is 3.62. The van der Waals surface area contributed by atoms with Crippen LogP contribution in [0.5, 0.6) is 0 Å². The van der Waals surface area contributed by atoms with Gasteiger partial charge in [-0.25, -0.2) is 0 Å². The van der Waals surface area contributed by atoms with E-state index >= 15 is 0 Å². The topological polar surface area (TPSA) is 95.9 Å². The summed E-state index contributed by atoms with van der Waals surface area (Å²) >= 11 is 0.